The molecule has 8 heteroatoms. The quantitative estimate of drug-likeness (QED) is 0.355. The molecule has 0 unspecified atom stereocenters. The third-order valence-electron chi connectivity index (χ3n) is 6.83. The van der Waals surface area contributed by atoms with E-state index < -0.39 is 17.8 Å². The van der Waals surface area contributed by atoms with Crippen molar-refractivity contribution >= 4 is 17.9 Å². The second kappa shape index (κ2) is 12.3. The van der Waals surface area contributed by atoms with Crippen LogP contribution in [0.3, 0.4) is 0 Å². The zero-order valence-corrected chi connectivity index (χ0v) is 21.9. The van der Waals surface area contributed by atoms with E-state index in [4.69, 9.17) is 0 Å². The molecule has 0 aromatic heterocycles. The summed E-state index contributed by atoms with van der Waals surface area (Å²) in [4.78, 5) is 26.4. The number of alkyl halides is 3. The van der Waals surface area contributed by atoms with Gasteiger partial charge in [0.25, 0.3) is 5.91 Å². The Morgan fingerprint density at radius 3 is 2.49 bits per heavy atom. The molecule has 3 aromatic carbocycles. The number of amides is 2. The largest absolute Gasteiger partial charge is 0.416 e. The Bertz CT molecular complexity index is 1340. The lowest BCUT2D eigenvalue weighted by molar-refractivity contribution is -0.137. The van der Waals surface area contributed by atoms with Crippen LogP contribution in [0.15, 0.2) is 72.8 Å². The monoisotopic (exact) mass is 535 g/mol. The van der Waals surface area contributed by atoms with Crippen LogP contribution in [0.4, 0.5) is 13.2 Å². The number of hydrogen-bond donors (Lipinski definition) is 3. The minimum absolute atomic E-state index is 0.0131. The molecule has 0 radical (unpaired) electrons. The zero-order valence-electron chi connectivity index (χ0n) is 21.9. The number of rotatable bonds is 8. The highest BCUT2D eigenvalue weighted by Gasteiger charge is 2.30. The molecular weight excluding hydrogens is 503 g/mol. The lowest BCUT2D eigenvalue weighted by atomic mass is 9.98. The topological polar surface area (TPSA) is 70.2 Å². The maximum atomic E-state index is 13.2. The van der Waals surface area contributed by atoms with E-state index in [2.05, 4.69) is 16.0 Å². The average Bonchev–Trinajstić information content (AvgIpc) is 3.42. The van der Waals surface area contributed by atoms with E-state index in [1.807, 2.05) is 32.1 Å². The number of benzene rings is 3. The van der Waals surface area contributed by atoms with E-state index in [1.54, 1.807) is 42.5 Å². The Morgan fingerprint density at radius 1 is 1.05 bits per heavy atom. The molecule has 2 atom stereocenters. The van der Waals surface area contributed by atoms with Crippen molar-refractivity contribution < 1.29 is 22.8 Å². The lowest BCUT2D eigenvalue weighted by Gasteiger charge is -2.21. The number of hydrogen-bond acceptors (Lipinski definition) is 3. The SMILES string of the molecule is C/C=C/c1cc(C(=O)N[C@@H](Cc2ccc(-c3cccc(C(F)(F)F)c3)cc2)C(=O)N[C@@H]2CCNC2)ccc1C. The molecule has 1 aliphatic heterocycles. The molecule has 0 spiro atoms. The molecule has 1 saturated heterocycles. The summed E-state index contributed by atoms with van der Waals surface area (Å²) in [5.41, 5.74) is 3.55. The second-order valence-electron chi connectivity index (χ2n) is 9.78. The van der Waals surface area contributed by atoms with Crippen LogP contribution >= 0.6 is 0 Å². The van der Waals surface area contributed by atoms with Gasteiger partial charge in [-0.2, -0.15) is 13.2 Å². The summed E-state index contributed by atoms with van der Waals surface area (Å²) >= 11 is 0. The van der Waals surface area contributed by atoms with Gasteiger partial charge in [0.1, 0.15) is 6.04 Å². The summed E-state index contributed by atoms with van der Waals surface area (Å²) in [7, 11) is 0. The van der Waals surface area contributed by atoms with Crippen molar-refractivity contribution in [1.82, 2.24) is 16.0 Å². The normalized spacial score (nSPS) is 16.3. The Morgan fingerprint density at radius 2 is 1.82 bits per heavy atom. The van der Waals surface area contributed by atoms with Gasteiger partial charge in [0.05, 0.1) is 5.56 Å². The first-order valence-corrected chi connectivity index (χ1v) is 13.0. The molecule has 4 rings (SSSR count). The molecule has 3 aromatic rings. The zero-order chi connectivity index (χ0) is 28.0. The molecule has 2 amide bonds. The van der Waals surface area contributed by atoms with Gasteiger partial charge < -0.3 is 16.0 Å². The highest BCUT2D eigenvalue weighted by molar-refractivity contribution is 5.98. The van der Waals surface area contributed by atoms with E-state index in [0.717, 1.165) is 41.8 Å². The van der Waals surface area contributed by atoms with Crippen LogP contribution in [0.5, 0.6) is 0 Å². The van der Waals surface area contributed by atoms with Gasteiger partial charge in [-0.25, -0.2) is 0 Å². The van der Waals surface area contributed by atoms with Crippen molar-refractivity contribution in [2.24, 2.45) is 0 Å². The number of halogens is 3. The standard InChI is InChI=1S/C31H32F3N3O2/c1-3-5-23-17-25(11-8-20(23)2)29(38)37-28(30(39)36-27-14-15-35-19-27)16-21-9-12-22(13-10-21)24-6-4-7-26(18-24)31(32,33)34/h3-13,17-18,27-28,35H,14-16,19H2,1-2H3,(H,36,39)(H,37,38)/b5-3+/t27-,28+/m1/s1. The van der Waals surface area contributed by atoms with Gasteiger partial charge in [0.15, 0.2) is 0 Å². The maximum absolute atomic E-state index is 13.2. The third-order valence-corrected chi connectivity index (χ3v) is 6.83. The van der Waals surface area contributed by atoms with Gasteiger partial charge in [0.2, 0.25) is 5.91 Å². The molecule has 0 aliphatic carbocycles. The Labute approximate surface area is 226 Å². The first-order valence-electron chi connectivity index (χ1n) is 13.0. The first kappa shape index (κ1) is 28.1. The average molecular weight is 536 g/mol. The lowest BCUT2D eigenvalue weighted by Crippen LogP contribution is -2.51. The van der Waals surface area contributed by atoms with Crippen molar-refractivity contribution in [3.05, 3.63) is 101 Å². The van der Waals surface area contributed by atoms with Crippen LogP contribution in [0, 0.1) is 6.92 Å². The van der Waals surface area contributed by atoms with Gasteiger partial charge >= 0.3 is 6.18 Å². The molecule has 5 nitrogen and oxygen atoms in total. The van der Waals surface area contributed by atoms with Crippen molar-refractivity contribution in [1.29, 1.82) is 0 Å². The van der Waals surface area contributed by atoms with E-state index >= 15 is 0 Å². The van der Waals surface area contributed by atoms with Gasteiger partial charge in [-0.15, -0.1) is 0 Å². The van der Waals surface area contributed by atoms with Crippen LogP contribution in [-0.2, 0) is 17.4 Å². The summed E-state index contributed by atoms with van der Waals surface area (Å²) in [5, 5.41) is 9.13. The van der Waals surface area contributed by atoms with Crippen LogP contribution in [-0.4, -0.2) is 37.0 Å². The van der Waals surface area contributed by atoms with Crippen LogP contribution in [0.2, 0.25) is 0 Å². The molecule has 1 aliphatic rings. The fraction of sp³-hybridized carbons (Fsp3) is 0.290. The number of carbonyl (C=O) groups excluding carboxylic acids is 2. The molecule has 0 bridgehead atoms. The van der Waals surface area contributed by atoms with Crippen molar-refractivity contribution in [2.45, 2.75) is 44.9 Å². The molecule has 1 heterocycles. The molecule has 39 heavy (non-hydrogen) atoms. The Balaban J connectivity index is 1.54. The second-order valence-corrected chi connectivity index (χ2v) is 9.78. The summed E-state index contributed by atoms with van der Waals surface area (Å²) in [6.07, 6.45) is 0.444. The maximum Gasteiger partial charge on any atom is 0.416 e. The number of carbonyl (C=O) groups is 2. The van der Waals surface area contributed by atoms with Crippen molar-refractivity contribution in [2.75, 3.05) is 13.1 Å². The number of nitrogens with one attached hydrogen (secondary N) is 3. The third kappa shape index (κ3) is 7.35. The van der Waals surface area contributed by atoms with E-state index in [-0.39, 0.29) is 24.3 Å². The summed E-state index contributed by atoms with van der Waals surface area (Å²) in [6.45, 7) is 5.35. The predicted molar refractivity (Wildman–Crippen MR) is 147 cm³/mol. The van der Waals surface area contributed by atoms with Crippen LogP contribution in [0.1, 0.15) is 46.0 Å². The Kier molecular flexibility index (Phi) is 8.86. The number of allylic oxidation sites excluding steroid dienone is 1. The van der Waals surface area contributed by atoms with Crippen LogP contribution < -0.4 is 16.0 Å². The summed E-state index contributed by atoms with van der Waals surface area (Å²) in [5.74, 6) is -0.633. The Hall–Kier alpha value is -3.91. The minimum Gasteiger partial charge on any atom is -0.350 e. The fourth-order valence-electron chi connectivity index (χ4n) is 4.62. The van der Waals surface area contributed by atoms with Crippen LogP contribution in [0.25, 0.3) is 17.2 Å². The van der Waals surface area contributed by atoms with Gasteiger partial charge in [-0.3, -0.25) is 9.59 Å². The van der Waals surface area contributed by atoms with Crippen molar-refractivity contribution in [3.63, 3.8) is 0 Å². The highest BCUT2D eigenvalue weighted by atomic mass is 19.4. The van der Waals surface area contributed by atoms with Gasteiger partial charge in [0, 0.05) is 24.6 Å². The van der Waals surface area contributed by atoms with E-state index in [9.17, 15) is 22.8 Å². The van der Waals surface area contributed by atoms with E-state index in [1.165, 1.54) is 6.07 Å². The van der Waals surface area contributed by atoms with Gasteiger partial charge in [-0.1, -0.05) is 54.6 Å². The highest BCUT2D eigenvalue weighted by Crippen LogP contribution is 2.32. The van der Waals surface area contributed by atoms with Crippen molar-refractivity contribution in [3.8, 4) is 11.1 Å². The number of aryl methyl sites for hydroxylation is 1. The summed E-state index contributed by atoms with van der Waals surface area (Å²) < 4.78 is 39.4. The molecule has 1 fully saturated rings. The fourth-order valence-corrected chi connectivity index (χ4v) is 4.62. The summed E-state index contributed by atoms with van der Waals surface area (Å²) in [6, 6.07) is 16.7. The molecule has 3 N–H and O–H groups in total. The molecular formula is C31H32F3N3O2. The first-order chi connectivity index (χ1) is 18.6. The van der Waals surface area contributed by atoms with E-state index in [0.29, 0.717) is 23.2 Å². The predicted octanol–water partition coefficient (Wildman–Crippen LogP) is 5.53. The minimum atomic E-state index is -4.42. The smallest absolute Gasteiger partial charge is 0.350 e. The van der Waals surface area contributed by atoms with Gasteiger partial charge in [-0.05, 0) is 78.9 Å². The molecule has 204 valence electrons. The molecule has 0 saturated carbocycles.